The van der Waals surface area contributed by atoms with Crippen LogP contribution in [0.1, 0.15) is 41.4 Å². The lowest BCUT2D eigenvalue weighted by molar-refractivity contribution is 0.0526. The molecule has 1 aromatic heterocycles. The molecule has 0 aliphatic heterocycles. The average molecular weight is 319 g/mol. The molecule has 122 valence electrons. The van der Waals surface area contributed by atoms with E-state index >= 15 is 0 Å². The number of rotatable bonds is 3. The normalized spacial score (nSPS) is 13.7. The quantitative estimate of drug-likeness (QED) is 0.656. The van der Waals surface area contributed by atoms with E-state index < -0.39 is 0 Å². The van der Waals surface area contributed by atoms with Gasteiger partial charge in [0.2, 0.25) is 0 Å². The molecule has 0 fully saturated rings. The molecule has 0 unspecified atom stereocenters. The van der Waals surface area contributed by atoms with Crippen LogP contribution in [0, 0.1) is 0 Å². The van der Waals surface area contributed by atoms with Crippen LogP contribution >= 0.6 is 0 Å². The Morgan fingerprint density at radius 1 is 1.08 bits per heavy atom. The Labute approximate surface area is 141 Å². The van der Waals surface area contributed by atoms with Gasteiger partial charge in [0.05, 0.1) is 17.7 Å². The van der Waals surface area contributed by atoms with Gasteiger partial charge in [-0.2, -0.15) is 0 Å². The number of benzene rings is 2. The zero-order valence-corrected chi connectivity index (χ0v) is 13.9. The topological polar surface area (TPSA) is 31.2 Å². The number of esters is 1. The summed E-state index contributed by atoms with van der Waals surface area (Å²) in [6.07, 6.45) is 4.61. The summed E-state index contributed by atoms with van der Waals surface area (Å²) in [5.74, 6) is -0.239. The SMILES string of the molecule is CCOC(=O)c1ccc2c(c1)c1c(n2-c2ccccc2)CCCC1. The summed E-state index contributed by atoms with van der Waals surface area (Å²) in [6.45, 7) is 2.24. The van der Waals surface area contributed by atoms with Gasteiger partial charge in [0.1, 0.15) is 0 Å². The van der Waals surface area contributed by atoms with E-state index in [1.165, 1.54) is 40.7 Å². The zero-order valence-electron chi connectivity index (χ0n) is 13.9. The number of nitrogens with zero attached hydrogens (tertiary/aromatic N) is 1. The van der Waals surface area contributed by atoms with Crippen molar-refractivity contribution in [1.29, 1.82) is 0 Å². The molecule has 0 atom stereocenters. The molecule has 3 nitrogen and oxygen atoms in total. The fourth-order valence-corrected chi connectivity index (χ4v) is 3.76. The molecule has 0 N–H and O–H groups in total. The highest BCUT2D eigenvalue weighted by atomic mass is 16.5. The van der Waals surface area contributed by atoms with Crippen molar-refractivity contribution in [1.82, 2.24) is 4.57 Å². The van der Waals surface area contributed by atoms with Gasteiger partial charge in [-0.25, -0.2) is 4.79 Å². The predicted molar refractivity (Wildman–Crippen MR) is 95.9 cm³/mol. The van der Waals surface area contributed by atoms with Crippen LogP contribution in [-0.4, -0.2) is 17.1 Å². The van der Waals surface area contributed by atoms with Crippen LogP contribution in [0.25, 0.3) is 16.6 Å². The maximum Gasteiger partial charge on any atom is 0.338 e. The molecule has 3 aromatic rings. The molecule has 1 aliphatic carbocycles. The summed E-state index contributed by atoms with van der Waals surface area (Å²) in [7, 11) is 0. The van der Waals surface area contributed by atoms with Crippen LogP contribution in [0.15, 0.2) is 48.5 Å². The van der Waals surface area contributed by atoms with Crippen molar-refractivity contribution in [3.8, 4) is 5.69 Å². The maximum atomic E-state index is 12.1. The molecule has 24 heavy (non-hydrogen) atoms. The number of aromatic nitrogens is 1. The molecule has 0 radical (unpaired) electrons. The second kappa shape index (κ2) is 6.16. The lowest BCUT2D eigenvalue weighted by Gasteiger charge is -2.16. The van der Waals surface area contributed by atoms with E-state index in [9.17, 15) is 4.79 Å². The van der Waals surface area contributed by atoms with E-state index in [0.717, 1.165) is 12.8 Å². The second-order valence-electron chi connectivity index (χ2n) is 6.26. The first-order valence-electron chi connectivity index (χ1n) is 8.68. The summed E-state index contributed by atoms with van der Waals surface area (Å²) in [6, 6.07) is 16.4. The van der Waals surface area contributed by atoms with Crippen molar-refractivity contribution in [3.63, 3.8) is 0 Å². The molecule has 0 amide bonds. The molecule has 0 bridgehead atoms. The van der Waals surface area contributed by atoms with Crippen molar-refractivity contribution in [2.45, 2.75) is 32.6 Å². The molecule has 1 aliphatic rings. The zero-order chi connectivity index (χ0) is 16.5. The molecule has 2 aromatic carbocycles. The molecule has 0 saturated heterocycles. The summed E-state index contributed by atoms with van der Waals surface area (Å²) in [4.78, 5) is 12.1. The number of para-hydroxylation sites is 1. The minimum Gasteiger partial charge on any atom is -0.462 e. The third kappa shape index (κ3) is 2.41. The van der Waals surface area contributed by atoms with E-state index in [1.807, 2.05) is 25.1 Å². The molecule has 4 rings (SSSR count). The first-order chi connectivity index (χ1) is 11.8. The standard InChI is InChI=1S/C21H21NO2/c1-2-24-21(23)15-12-13-20-18(14-15)17-10-6-7-11-19(17)22(20)16-8-4-3-5-9-16/h3-5,8-9,12-14H,2,6-7,10-11H2,1H3. The highest BCUT2D eigenvalue weighted by molar-refractivity contribution is 5.97. The number of fused-ring (bicyclic) bond motifs is 3. The number of ether oxygens (including phenoxy) is 1. The largest absolute Gasteiger partial charge is 0.462 e. The minimum absolute atomic E-state index is 0.239. The highest BCUT2D eigenvalue weighted by Gasteiger charge is 2.22. The van der Waals surface area contributed by atoms with Gasteiger partial charge >= 0.3 is 5.97 Å². The van der Waals surface area contributed by atoms with Crippen molar-refractivity contribution in [3.05, 3.63) is 65.4 Å². The van der Waals surface area contributed by atoms with Gasteiger partial charge < -0.3 is 9.30 Å². The van der Waals surface area contributed by atoms with E-state index in [-0.39, 0.29) is 5.97 Å². The Bertz CT molecular complexity index is 893. The summed E-state index contributed by atoms with van der Waals surface area (Å²) >= 11 is 0. The van der Waals surface area contributed by atoms with Crippen LogP contribution in [0.5, 0.6) is 0 Å². The fourth-order valence-electron chi connectivity index (χ4n) is 3.76. The Morgan fingerprint density at radius 3 is 2.67 bits per heavy atom. The highest BCUT2D eigenvalue weighted by Crippen LogP contribution is 2.35. The molecular formula is C21H21NO2. The van der Waals surface area contributed by atoms with Gasteiger partial charge in [-0.05, 0) is 68.5 Å². The summed E-state index contributed by atoms with van der Waals surface area (Å²) < 4.78 is 7.53. The van der Waals surface area contributed by atoms with Gasteiger partial charge in [-0.3, -0.25) is 0 Å². The van der Waals surface area contributed by atoms with Gasteiger partial charge in [-0.1, -0.05) is 18.2 Å². The fraction of sp³-hybridized carbons (Fsp3) is 0.286. The van der Waals surface area contributed by atoms with Crippen LogP contribution in [0.2, 0.25) is 0 Å². The first-order valence-corrected chi connectivity index (χ1v) is 8.68. The Balaban J connectivity index is 1.95. The Kier molecular flexibility index (Phi) is 3.85. The van der Waals surface area contributed by atoms with Crippen molar-refractivity contribution >= 4 is 16.9 Å². The lowest BCUT2D eigenvalue weighted by atomic mass is 9.95. The van der Waals surface area contributed by atoms with Crippen molar-refractivity contribution in [2.75, 3.05) is 6.61 Å². The smallest absolute Gasteiger partial charge is 0.338 e. The van der Waals surface area contributed by atoms with Crippen molar-refractivity contribution in [2.24, 2.45) is 0 Å². The maximum absolute atomic E-state index is 12.1. The second-order valence-corrected chi connectivity index (χ2v) is 6.26. The molecule has 1 heterocycles. The lowest BCUT2D eigenvalue weighted by Crippen LogP contribution is -2.06. The molecule has 0 saturated carbocycles. The number of aryl methyl sites for hydroxylation is 1. The third-order valence-corrected chi connectivity index (χ3v) is 4.80. The van der Waals surface area contributed by atoms with Gasteiger partial charge in [0.15, 0.2) is 0 Å². The number of carbonyl (C=O) groups excluding carboxylic acids is 1. The molecular weight excluding hydrogens is 298 g/mol. The Hall–Kier alpha value is -2.55. The summed E-state index contributed by atoms with van der Waals surface area (Å²) in [5, 5.41) is 1.19. The van der Waals surface area contributed by atoms with Gasteiger partial charge in [0.25, 0.3) is 0 Å². The van der Waals surface area contributed by atoms with Crippen molar-refractivity contribution < 1.29 is 9.53 Å². The van der Waals surface area contributed by atoms with E-state index in [1.54, 1.807) is 0 Å². The number of hydrogen-bond donors (Lipinski definition) is 0. The molecule has 0 spiro atoms. The van der Waals surface area contributed by atoms with E-state index in [0.29, 0.717) is 12.2 Å². The van der Waals surface area contributed by atoms with Gasteiger partial charge in [-0.15, -0.1) is 0 Å². The first kappa shape index (κ1) is 15.0. The van der Waals surface area contributed by atoms with Crippen LogP contribution in [-0.2, 0) is 17.6 Å². The third-order valence-electron chi connectivity index (χ3n) is 4.80. The average Bonchev–Trinajstić information content (AvgIpc) is 2.96. The Morgan fingerprint density at radius 2 is 1.88 bits per heavy atom. The number of hydrogen-bond acceptors (Lipinski definition) is 2. The van der Waals surface area contributed by atoms with Crippen LogP contribution < -0.4 is 0 Å². The van der Waals surface area contributed by atoms with E-state index in [4.69, 9.17) is 4.74 Å². The molecule has 3 heteroatoms. The number of carbonyl (C=O) groups is 1. The predicted octanol–water partition coefficient (Wildman–Crippen LogP) is 4.69. The van der Waals surface area contributed by atoms with Crippen LogP contribution in [0.3, 0.4) is 0 Å². The summed E-state index contributed by atoms with van der Waals surface area (Å²) in [5.41, 5.74) is 5.80. The van der Waals surface area contributed by atoms with Gasteiger partial charge in [0, 0.05) is 16.8 Å². The van der Waals surface area contributed by atoms with Crippen LogP contribution in [0.4, 0.5) is 0 Å². The minimum atomic E-state index is -0.239. The monoisotopic (exact) mass is 319 g/mol. The van der Waals surface area contributed by atoms with E-state index in [2.05, 4.69) is 34.9 Å².